The Morgan fingerprint density at radius 1 is 0.516 bits per heavy atom. The predicted molar refractivity (Wildman–Crippen MR) is 124 cm³/mol. The predicted octanol–water partition coefficient (Wildman–Crippen LogP) is 5.64. The molecule has 0 aliphatic heterocycles. The maximum atomic E-state index is 5.39. The first-order valence-electron chi connectivity index (χ1n) is 10.0. The van der Waals surface area contributed by atoms with Gasteiger partial charge in [0.1, 0.15) is 0 Å². The number of unbranched alkanes of at least 4 members (excludes halogenated alkanes) is 2. The smallest absolute Gasteiger partial charge is 0.203 e. The molecule has 0 unspecified atom stereocenters. The normalized spacial score (nSPS) is 11.0. The molecule has 0 saturated heterocycles. The van der Waals surface area contributed by atoms with Gasteiger partial charge in [0.2, 0.25) is 11.5 Å². The molecule has 2 aromatic carbocycles. The molecule has 0 saturated carbocycles. The lowest BCUT2D eigenvalue weighted by molar-refractivity contribution is 0.324. The van der Waals surface area contributed by atoms with Gasteiger partial charge in [0, 0.05) is 0 Å². The summed E-state index contributed by atoms with van der Waals surface area (Å²) in [6, 6.07) is 7.73. The zero-order valence-corrected chi connectivity index (χ0v) is 19.2. The first-order valence-corrected chi connectivity index (χ1v) is 10.0. The lowest BCUT2D eigenvalue weighted by Gasteiger charge is -2.12. The van der Waals surface area contributed by atoms with Crippen molar-refractivity contribution < 1.29 is 28.4 Å². The molecule has 0 radical (unpaired) electrons. The molecule has 0 amide bonds. The second kappa shape index (κ2) is 12.4. The van der Waals surface area contributed by atoms with E-state index in [2.05, 4.69) is 24.3 Å². The lowest BCUT2D eigenvalue weighted by atomic mass is 10.1. The fourth-order valence-corrected chi connectivity index (χ4v) is 3.19. The fourth-order valence-electron chi connectivity index (χ4n) is 3.19. The quantitative estimate of drug-likeness (QED) is 0.408. The molecule has 0 fully saturated rings. The average Bonchev–Trinajstić information content (AvgIpc) is 2.81. The fraction of sp³-hybridized carbons (Fsp3) is 0.360. The van der Waals surface area contributed by atoms with Gasteiger partial charge in [0.05, 0.1) is 42.7 Å². The van der Waals surface area contributed by atoms with Gasteiger partial charge >= 0.3 is 0 Å². The minimum absolute atomic E-state index is 0.596. The summed E-state index contributed by atoms with van der Waals surface area (Å²) in [5.41, 5.74) is 2.00. The van der Waals surface area contributed by atoms with E-state index in [1.807, 2.05) is 24.3 Å². The molecular weight excluding hydrogens is 396 g/mol. The standard InChI is InChI=1S/C25H32O6/c1-26-20-14-18(15-21(27-2)24(20)30-5)12-10-8-7-9-11-13-19-16-22(28-3)25(31-6)23(17-19)29-4/h10-17H,7-9H2,1-6H3. The highest BCUT2D eigenvalue weighted by Gasteiger charge is 2.12. The highest BCUT2D eigenvalue weighted by Crippen LogP contribution is 2.39. The minimum atomic E-state index is 0.596. The molecule has 31 heavy (non-hydrogen) atoms. The summed E-state index contributed by atoms with van der Waals surface area (Å²) >= 11 is 0. The summed E-state index contributed by atoms with van der Waals surface area (Å²) < 4.78 is 32.3. The van der Waals surface area contributed by atoms with Gasteiger partial charge in [-0.25, -0.2) is 0 Å². The van der Waals surface area contributed by atoms with Gasteiger partial charge in [-0.2, -0.15) is 0 Å². The van der Waals surface area contributed by atoms with Crippen molar-refractivity contribution in [1.29, 1.82) is 0 Å². The topological polar surface area (TPSA) is 55.4 Å². The first kappa shape index (κ1) is 24.0. The number of methoxy groups -OCH3 is 6. The number of benzene rings is 2. The van der Waals surface area contributed by atoms with E-state index in [1.54, 1.807) is 42.7 Å². The zero-order valence-electron chi connectivity index (χ0n) is 19.2. The Morgan fingerprint density at radius 3 is 1.10 bits per heavy atom. The Morgan fingerprint density at radius 2 is 0.839 bits per heavy atom. The first-order chi connectivity index (χ1) is 15.1. The van der Waals surface area contributed by atoms with Crippen LogP contribution in [0.25, 0.3) is 12.2 Å². The van der Waals surface area contributed by atoms with E-state index in [0.29, 0.717) is 34.5 Å². The van der Waals surface area contributed by atoms with Crippen LogP contribution < -0.4 is 28.4 Å². The van der Waals surface area contributed by atoms with Crippen molar-refractivity contribution in [2.45, 2.75) is 19.3 Å². The van der Waals surface area contributed by atoms with Crippen LogP contribution in [0.5, 0.6) is 34.5 Å². The Labute approximate surface area is 185 Å². The van der Waals surface area contributed by atoms with Crippen LogP contribution >= 0.6 is 0 Å². The van der Waals surface area contributed by atoms with Crippen LogP contribution in [0.3, 0.4) is 0 Å². The minimum Gasteiger partial charge on any atom is -0.493 e. The zero-order chi connectivity index (χ0) is 22.6. The van der Waals surface area contributed by atoms with Crippen LogP contribution in [0.2, 0.25) is 0 Å². The van der Waals surface area contributed by atoms with Crippen LogP contribution in [-0.4, -0.2) is 42.7 Å². The van der Waals surface area contributed by atoms with Crippen LogP contribution in [0.4, 0.5) is 0 Å². The molecule has 2 aromatic rings. The van der Waals surface area contributed by atoms with Crippen LogP contribution in [0.1, 0.15) is 30.4 Å². The Hall–Kier alpha value is -3.28. The summed E-state index contributed by atoms with van der Waals surface area (Å²) in [4.78, 5) is 0. The summed E-state index contributed by atoms with van der Waals surface area (Å²) in [6.07, 6.45) is 11.4. The van der Waals surface area contributed by atoms with Gasteiger partial charge < -0.3 is 28.4 Å². The average molecular weight is 429 g/mol. The third-order valence-corrected chi connectivity index (χ3v) is 4.74. The van der Waals surface area contributed by atoms with Gasteiger partial charge in [-0.05, 0) is 54.7 Å². The van der Waals surface area contributed by atoms with Crippen LogP contribution in [0, 0.1) is 0 Å². The molecule has 0 aliphatic rings. The molecule has 0 spiro atoms. The van der Waals surface area contributed by atoms with Gasteiger partial charge in [0.25, 0.3) is 0 Å². The molecule has 0 aliphatic carbocycles. The summed E-state index contributed by atoms with van der Waals surface area (Å²) in [5, 5.41) is 0. The molecule has 2 rings (SSSR count). The Balaban J connectivity index is 1.94. The van der Waals surface area contributed by atoms with Crippen LogP contribution in [-0.2, 0) is 0 Å². The molecule has 6 heteroatoms. The SMILES string of the molecule is COc1cc(C=CCCCC=Cc2cc(OC)c(OC)c(OC)c2)cc(OC)c1OC. The second-order valence-electron chi connectivity index (χ2n) is 6.65. The highest BCUT2D eigenvalue weighted by molar-refractivity contribution is 5.63. The Bertz CT molecular complexity index is 777. The molecule has 168 valence electrons. The molecule has 0 N–H and O–H groups in total. The summed E-state index contributed by atoms with van der Waals surface area (Å²) in [6.45, 7) is 0. The monoisotopic (exact) mass is 428 g/mol. The number of ether oxygens (including phenoxy) is 6. The number of hydrogen-bond acceptors (Lipinski definition) is 6. The van der Waals surface area contributed by atoms with E-state index in [0.717, 1.165) is 30.4 Å². The van der Waals surface area contributed by atoms with E-state index >= 15 is 0 Å². The summed E-state index contributed by atoms with van der Waals surface area (Å²) in [5.74, 6) is 3.78. The van der Waals surface area contributed by atoms with Crippen molar-refractivity contribution in [1.82, 2.24) is 0 Å². The van der Waals surface area contributed by atoms with Crippen LogP contribution in [0.15, 0.2) is 36.4 Å². The molecular formula is C25H32O6. The lowest BCUT2D eigenvalue weighted by Crippen LogP contribution is -1.95. The van der Waals surface area contributed by atoms with Gasteiger partial charge in [-0.3, -0.25) is 0 Å². The van der Waals surface area contributed by atoms with E-state index < -0.39 is 0 Å². The number of rotatable bonds is 12. The maximum absolute atomic E-state index is 5.39. The van der Waals surface area contributed by atoms with Crippen molar-refractivity contribution in [3.63, 3.8) is 0 Å². The highest BCUT2D eigenvalue weighted by atomic mass is 16.5. The third-order valence-electron chi connectivity index (χ3n) is 4.74. The third kappa shape index (κ3) is 6.35. The Kier molecular flexibility index (Phi) is 9.62. The van der Waals surface area contributed by atoms with Gasteiger partial charge in [0.15, 0.2) is 23.0 Å². The molecule has 0 atom stereocenters. The van der Waals surface area contributed by atoms with Crippen molar-refractivity contribution in [3.8, 4) is 34.5 Å². The summed E-state index contributed by atoms with van der Waals surface area (Å²) in [7, 11) is 9.66. The van der Waals surface area contributed by atoms with Crippen molar-refractivity contribution in [2.75, 3.05) is 42.7 Å². The van der Waals surface area contributed by atoms with Crippen molar-refractivity contribution >= 4 is 12.2 Å². The van der Waals surface area contributed by atoms with Crippen molar-refractivity contribution in [3.05, 3.63) is 47.5 Å². The van der Waals surface area contributed by atoms with E-state index in [9.17, 15) is 0 Å². The largest absolute Gasteiger partial charge is 0.493 e. The molecule has 6 nitrogen and oxygen atoms in total. The van der Waals surface area contributed by atoms with Gasteiger partial charge in [-0.1, -0.05) is 24.3 Å². The van der Waals surface area contributed by atoms with Gasteiger partial charge in [-0.15, -0.1) is 0 Å². The van der Waals surface area contributed by atoms with E-state index in [1.165, 1.54) is 0 Å². The van der Waals surface area contributed by atoms with E-state index in [-0.39, 0.29) is 0 Å². The molecule has 0 heterocycles. The molecule has 0 aromatic heterocycles. The maximum Gasteiger partial charge on any atom is 0.203 e. The van der Waals surface area contributed by atoms with Crippen molar-refractivity contribution in [2.24, 2.45) is 0 Å². The number of hydrogen-bond donors (Lipinski definition) is 0. The second-order valence-corrected chi connectivity index (χ2v) is 6.65. The molecule has 0 bridgehead atoms. The van der Waals surface area contributed by atoms with E-state index in [4.69, 9.17) is 28.4 Å². The number of allylic oxidation sites excluding steroid dienone is 2.